The normalized spacial score (nSPS) is 14.2. The summed E-state index contributed by atoms with van der Waals surface area (Å²) in [6, 6.07) is 9.26. The van der Waals surface area contributed by atoms with Crippen LogP contribution < -0.4 is 16.8 Å². The minimum Gasteiger partial charge on any atom is -0.477 e. The number of benzene rings is 1. The van der Waals surface area contributed by atoms with Crippen molar-refractivity contribution in [3.8, 4) is 0 Å². The van der Waals surface area contributed by atoms with E-state index < -0.39 is 22.9 Å². The molecule has 5 heterocycles. The smallest absolute Gasteiger partial charge is 0.352 e. The summed E-state index contributed by atoms with van der Waals surface area (Å²) in [4.78, 5) is 54.9. The molecule has 1 fully saturated rings. The number of halogens is 1. The molecule has 0 aliphatic carbocycles. The zero-order chi connectivity index (χ0) is 30.0. The van der Waals surface area contributed by atoms with Crippen molar-refractivity contribution in [2.24, 2.45) is 0 Å². The molecule has 1 aliphatic heterocycles. The molecule has 0 amide bonds. The lowest BCUT2D eigenvalue weighted by atomic mass is 9.91. The molecule has 0 unspecified atom stereocenters. The van der Waals surface area contributed by atoms with Gasteiger partial charge in [-0.15, -0.1) is 0 Å². The number of aromatic nitrogens is 5. The molecule has 0 atom stereocenters. The number of aryl methyl sites for hydroxylation is 2. The van der Waals surface area contributed by atoms with Gasteiger partial charge in [0.2, 0.25) is 0 Å². The van der Waals surface area contributed by atoms with Crippen molar-refractivity contribution < 1.29 is 18.8 Å². The summed E-state index contributed by atoms with van der Waals surface area (Å²) in [5, 5.41) is 13.4. The van der Waals surface area contributed by atoms with E-state index in [4.69, 9.17) is 9.63 Å². The van der Waals surface area contributed by atoms with Crippen LogP contribution in [0.3, 0.4) is 0 Å². The predicted molar refractivity (Wildman–Crippen MR) is 152 cm³/mol. The lowest BCUT2D eigenvalue weighted by molar-refractivity contribution is 0.0689. The molecule has 3 N–H and O–H groups in total. The second-order valence-electron chi connectivity index (χ2n) is 10.2. The number of aromatic carboxylic acids is 1. The first-order valence-electron chi connectivity index (χ1n) is 13.4. The number of aromatic amines is 2. The number of hydrogen-bond acceptors (Lipinski definition) is 8. The lowest BCUT2D eigenvalue weighted by Crippen LogP contribution is -2.35. The molecule has 0 bridgehead atoms. The third-order valence-electron chi connectivity index (χ3n) is 7.45. The number of nitrogens with one attached hydrogen (secondary N) is 2. The number of nitrogens with zero attached hydrogens (tertiary/aromatic N) is 4. The highest BCUT2D eigenvalue weighted by molar-refractivity contribution is 5.84. The fourth-order valence-electron chi connectivity index (χ4n) is 5.24. The number of rotatable bonds is 5. The molecule has 1 aliphatic rings. The summed E-state index contributed by atoms with van der Waals surface area (Å²) >= 11 is 0. The fourth-order valence-corrected chi connectivity index (χ4v) is 5.24. The average Bonchev–Trinajstić information content (AvgIpc) is 3.37. The van der Waals surface area contributed by atoms with Gasteiger partial charge in [0.25, 0.3) is 11.1 Å². The molecule has 12 nitrogen and oxygen atoms in total. The minimum absolute atomic E-state index is 0.0300. The number of piperidine rings is 1. The average molecular weight is 577 g/mol. The first-order valence-corrected chi connectivity index (χ1v) is 13.4. The summed E-state index contributed by atoms with van der Waals surface area (Å²) in [5.41, 5.74) is 2.83. The number of pyridine rings is 1. The summed E-state index contributed by atoms with van der Waals surface area (Å²) in [6.07, 6.45) is 4.41. The molecule has 5 aromatic rings. The van der Waals surface area contributed by atoms with Crippen molar-refractivity contribution in [1.82, 2.24) is 29.4 Å². The summed E-state index contributed by atoms with van der Waals surface area (Å²) in [7, 11) is 0. The van der Waals surface area contributed by atoms with E-state index >= 15 is 0 Å². The van der Waals surface area contributed by atoms with Gasteiger partial charge in [-0.05, 0) is 70.0 Å². The van der Waals surface area contributed by atoms with Crippen molar-refractivity contribution in [2.45, 2.75) is 39.0 Å². The van der Waals surface area contributed by atoms with E-state index in [1.165, 1.54) is 12.1 Å². The van der Waals surface area contributed by atoms with Crippen LogP contribution in [0.1, 0.15) is 51.8 Å². The quantitative estimate of drug-likeness (QED) is 0.285. The van der Waals surface area contributed by atoms with Gasteiger partial charge in [-0.1, -0.05) is 11.2 Å². The van der Waals surface area contributed by atoms with Crippen molar-refractivity contribution in [2.75, 3.05) is 19.6 Å². The molecule has 1 aromatic carbocycles. The van der Waals surface area contributed by atoms with Gasteiger partial charge in [-0.3, -0.25) is 19.0 Å². The third kappa shape index (κ3) is 6.05. The molecular formula is C29H29FN6O6. The lowest BCUT2D eigenvalue weighted by Gasteiger charge is -2.31. The molecular weight excluding hydrogens is 547 g/mol. The molecule has 6 rings (SSSR count). The Kier molecular flexibility index (Phi) is 8.11. The highest BCUT2D eigenvalue weighted by atomic mass is 19.1. The third-order valence-corrected chi connectivity index (χ3v) is 7.45. The van der Waals surface area contributed by atoms with Gasteiger partial charge in [0.15, 0.2) is 5.58 Å². The minimum atomic E-state index is -1.34. The van der Waals surface area contributed by atoms with Crippen LogP contribution in [0.5, 0.6) is 0 Å². The van der Waals surface area contributed by atoms with E-state index in [1.54, 1.807) is 16.7 Å². The Balaban J connectivity index is 0.000000271. The Bertz CT molecular complexity index is 1920. The van der Waals surface area contributed by atoms with Crippen LogP contribution in [0.2, 0.25) is 0 Å². The van der Waals surface area contributed by atoms with Crippen LogP contribution in [0.15, 0.2) is 61.5 Å². The first-order chi connectivity index (χ1) is 20.1. The SMILES string of the molecule is Cc1nc2c(C)cccn2c(=O)c1CCN1CCC(c2noc3cc(F)ccc23)CC1.O=C(O)c1cc(=O)[nH]c(=O)[nH]1. The van der Waals surface area contributed by atoms with Crippen molar-refractivity contribution in [3.05, 3.63) is 108 Å². The molecule has 4 aromatic heterocycles. The largest absolute Gasteiger partial charge is 0.477 e. The van der Waals surface area contributed by atoms with Crippen LogP contribution in [-0.2, 0) is 6.42 Å². The number of carboxylic acids is 1. The molecule has 1 saturated heterocycles. The number of fused-ring (bicyclic) bond motifs is 2. The molecule has 42 heavy (non-hydrogen) atoms. The molecule has 13 heteroatoms. The summed E-state index contributed by atoms with van der Waals surface area (Å²) in [5.74, 6) is -1.34. The zero-order valence-electron chi connectivity index (χ0n) is 23.0. The number of H-pyrrole nitrogens is 2. The maximum Gasteiger partial charge on any atom is 0.352 e. The van der Waals surface area contributed by atoms with Crippen LogP contribution >= 0.6 is 0 Å². The van der Waals surface area contributed by atoms with Gasteiger partial charge in [0.05, 0.1) is 5.69 Å². The highest BCUT2D eigenvalue weighted by Crippen LogP contribution is 2.32. The molecule has 0 saturated carbocycles. The van der Waals surface area contributed by atoms with E-state index in [0.717, 1.165) is 72.1 Å². The number of hydrogen-bond donors (Lipinski definition) is 3. The van der Waals surface area contributed by atoms with Gasteiger partial charge in [0, 0.05) is 47.4 Å². The standard InChI is InChI=1S/C24H25FN4O2.C5H4N2O4/c1-15-4-3-10-29-23(15)26-16(2)19(24(29)30)9-13-28-11-7-17(8-12-28)22-20-6-5-18(25)14-21(20)31-27-22;8-3-1-2(4(9)10)6-5(11)7-3/h3-6,10,14,17H,7-9,11-13H2,1-2H3;1H,(H,9,10)(H2,6,7,8,11). The molecule has 218 valence electrons. The van der Waals surface area contributed by atoms with E-state index in [-0.39, 0.29) is 11.4 Å². The van der Waals surface area contributed by atoms with E-state index in [9.17, 15) is 23.6 Å². The number of carboxylic acid groups (broad SMARTS) is 1. The summed E-state index contributed by atoms with van der Waals surface area (Å²) < 4.78 is 20.4. The van der Waals surface area contributed by atoms with E-state index in [2.05, 4.69) is 15.0 Å². The Morgan fingerprint density at radius 1 is 1.12 bits per heavy atom. The van der Waals surface area contributed by atoms with Crippen molar-refractivity contribution >= 4 is 22.6 Å². The van der Waals surface area contributed by atoms with Gasteiger partial charge >= 0.3 is 11.7 Å². The Morgan fingerprint density at radius 2 is 1.88 bits per heavy atom. The summed E-state index contributed by atoms with van der Waals surface area (Å²) in [6.45, 7) is 6.59. The van der Waals surface area contributed by atoms with Crippen LogP contribution in [0, 0.1) is 19.7 Å². The Labute approximate surface area is 237 Å². The second-order valence-corrected chi connectivity index (χ2v) is 10.2. The first kappa shape index (κ1) is 28.6. The van der Waals surface area contributed by atoms with Gasteiger partial charge in [-0.2, -0.15) is 0 Å². The van der Waals surface area contributed by atoms with Crippen LogP contribution in [-0.4, -0.2) is 60.1 Å². The van der Waals surface area contributed by atoms with E-state index in [0.29, 0.717) is 17.9 Å². The maximum atomic E-state index is 13.4. The Hall–Kier alpha value is -4.91. The Morgan fingerprint density at radius 3 is 2.60 bits per heavy atom. The van der Waals surface area contributed by atoms with Gasteiger partial charge in [-0.25, -0.2) is 19.0 Å². The van der Waals surface area contributed by atoms with Crippen molar-refractivity contribution in [1.29, 1.82) is 0 Å². The second kappa shape index (κ2) is 11.9. The van der Waals surface area contributed by atoms with Crippen molar-refractivity contribution in [3.63, 3.8) is 0 Å². The number of likely N-dealkylation sites (tertiary alicyclic amines) is 1. The highest BCUT2D eigenvalue weighted by Gasteiger charge is 2.25. The van der Waals surface area contributed by atoms with E-state index in [1.807, 2.05) is 35.9 Å². The van der Waals surface area contributed by atoms with Crippen LogP contribution in [0.25, 0.3) is 16.6 Å². The zero-order valence-corrected chi connectivity index (χ0v) is 23.0. The monoisotopic (exact) mass is 576 g/mol. The van der Waals surface area contributed by atoms with Crippen LogP contribution in [0.4, 0.5) is 4.39 Å². The topological polar surface area (TPSA) is 167 Å². The number of carbonyl (C=O) groups is 1. The van der Waals surface area contributed by atoms with Gasteiger partial charge in [0.1, 0.15) is 17.2 Å². The van der Waals surface area contributed by atoms with Gasteiger partial charge < -0.3 is 19.5 Å². The molecule has 0 radical (unpaired) electrons. The molecule has 0 spiro atoms. The predicted octanol–water partition coefficient (Wildman–Crippen LogP) is 2.78. The maximum absolute atomic E-state index is 13.4. The fraction of sp³-hybridized carbons (Fsp3) is 0.310.